The molecule has 0 heterocycles. The van der Waals surface area contributed by atoms with Crippen LogP contribution >= 0.6 is 0 Å². The Morgan fingerprint density at radius 3 is 1.50 bits per heavy atom. The fourth-order valence-electron chi connectivity index (χ4n) is 5.14. The van der Waals surface area contributed by atoms with Crippen LogP contribution in [0, 0.1) is 13.8 Å². The van der Waals surface area contributed by atoms with E-state index in [9.17, 15) is 5.11 Å². The maximum Gasteiger partial charge on any atom is 0.115 e. The summed E-state index contributed by atoms with van der Waals surface area (Å²) in [6.45, 7) is 4.23. The Balaban J connectivity index is 1.39. The number of benzene rings is 6. The summed E-state index contributed by atoms with van der Waals surface area (Å²) in [6.07, 6.45) is 8.55. The molecule has 204 valence electrons. The number of rotatable bonds is 7. The maximum absolute atomic E-state index is 9.63. The average molecular weight is 544 g/mol. The zero-order valence-corrected chi connectivity index (χ0v) is 23.9. The molecule has 0 atom stereocenters. The monoisotopic (exact) mass is 543 g/mol. The number of phenolic OH excluding ortho intramolecular Hbond substituents is 1. The van der Waals surface area contributed by atoms with Crippen LogP contribution in [0.2, 0.25) is 0 Å². The van der Waals surface area contributed by atoms with Gasteiger partial charge in [0.15, 0.2) is 0 Å². The second-order valence-corrected chi connectivity index (χ2v) is 10.7. The van der Waals surface area contributed by atoms with E-state index < -0.39 is 0 Å². The SMILES string of the molecule is Cc1ccc(C=Cc2ccc(N(c3ccc(C)cc3)c3ccc(C=Cc4ccc(O)cc4)c4ccccc34)cc2)cc1. The lowest BCUT2D eigenvalue weighted by atomic mass is 10.00. The molecule has 6 aromatic carbocycles. The predicted octanol–water partition coefficient (Wildman–Crippen LogP) is 11.0. The van der Waals surface area contributed by atoms with Crippen molar-refractivity contribution < 1.29 is 5.11 Å². The Kier molecular flexibility index (Phi) is 7.70. The molecule has 6 aromatic rings. The van der Waals surface area contributed by atoms with E-state index in [-0.39, 0.29) is 5.75 Å². The molecule has 0 spiro atoms. The standard InChI is InChI=1S/C40H33NO/c1-29-7-11-31(12-8-29)13-14-32-16-24-36(25-17-32)41(35-22-9-30(2)10-23-35)40-28-21-34(38-5-3-4-6-39(38)40)20-15-33-18-26-37(42)27-19-33/h3-28,42H,1-2H3. The summed E-state index contributed by atoms with van der Waals surface area (Å²) in [4.78, 5) is 2.34. The maximum atomic E-state index is 9.63. The number of fused-ring (bicyclic) bond motifs is 1. The van der Waals surface area contributed by atoms with Crippen LogP contribution in [-0.2, 0) is 0 Å². The van der Waals surface area contributed by atoms with Gasteiger partial charge in [0.2, 0.25) is 0 Å². The molecule has 6 rings (SSSR count). The van der Waals surface area contributed by atoms with Gasteiger partial charge < -0.3 is 10.0 Å². The van der Waals surface area contributed by atoms with Crippen LogP contribution in [0.3, 0.4) is 0 Å². The number of hydrogen-bond donors (Lipinski definition) is 1. The van der Waals surface area contributed by atoms with E-state index in [1.807, 2.05) is 12.1 Å². The topological polar surface area (TPSA) is 23.5 Å². The van der Waals surface area contributed by atoms with Crippen LogP contribution in [0.5, 0.6) is 5.75 Å². The summed E-state index contributed by atoms with van der Waals surface area (Å²) < 4.78 is 0. The van der Waals surface area contributed by atoms with Crippen molar-refractivity contribution >= 4 is 52.1 Å². The molecule has 0 fully saturated rings. The summed E-state index contributed by atoms with van der Waals surface area (Å²) in [7, 11) is 0. The number of phenols is 1. The number of nitrogens with zero attached hydrogens (tertiary/aromatic N) is 1. The largest absolute Gasteiger partial charge is 0.508 e. The zero-order chi connectivity index (χ0) is 28.9. The smallest absolute Gasteiger partial charge is 0.115 e. The summed E-state index contributed by atoms with van der Waals surface area (Å²) in [6, 6.07) is 46.3. The number of anilines is 3. The number of hydrogen-bond acceptors (Lipinski definition) is 2. The van der Waals surface area contributed by atoms with Crippen molar-refractivity contribution in [2.24, 2.45) is 0 Å². The molecule has 1 N–H and O–H groups in total. The van der Waals surface area contributed by atoms with E-state index in [2.05, 4.69) is 152 Å². The highest BCUT2D eigenvalue weighted by Crippen LogP contribution is 2.40. The molecule has 0 aliphatic rings. The molecule has 0 radical (unpaired) electrons. The summed E-state index contributed by atoms with van der Waals surface area (Å²) in [5, 5.41) is 12.0. The van der Waals surface area contributed by atoms with Crippen LogP contribution in [-0.4, -0.2) is 5.11 Å². The lowest BCUT2D eigenvalue weighted by Crippen LogP contribution is -2.10. The molecule has 0 bridgehead atoms. The van der Waals surface area contributed by atoms with Gasteiger partial charge in [-0.3, -0.25) is 0 Å². The zero-order valence-electron chi connectivity index (χ0n) is 23.9. The van der Waals surface area contributed by atoms with Crippen molar-refractivity contribution in [3.8, 4) is 5.75 Å². The van der Waals surface area contributed by atoms with Crippen molar-refractivity contribution in [3.63, 3.8) is 0 Å². The van der Waals surface area contributed by atoms with Gasteiger partial charge in [-0.15, -0.1) is 0 Å². The molecule has 2 heteroatoms. The summed E-state index contributed by atoms with van der Waals surface area (Å²) >= 11 is 0. The van der Waals surface area contributed by atoms with Gasteiger partial charge in [-0.25, -0.2) is 0 Å². The highest BCUT2D eigenvalue weighted by Gasteiger charge is 2.16. The molecule has 0 saturated heterocycles. The average Bonchev–Trinajstić information content (AvgIpc) is 3.02. The van der Waals surface area contributed by atoms with Gasteiger partial charge in [-0.1, -0.05) is 126 Å². The second kappa shape index (κ2) is 12.0. The molecule has 2 nitrogen and oxygen atoms in total. The fourth-order valence-corrected chi connectivity index (χ4v) is 5.14. The van der Waals surface area contributed by atoms with Gasteiger partial charge in [0, 0.05) is 16.8 Å². The van der Waals surface area contributed by atoms with Gasteiger partial charge in [0.05, 0.1) is 5.69 Å². The molecule has 42 heavy (non-hydrogen) atoms. The van der Waals surface area contributed by atoms with E-state index >= 15 is 0 Å². The van der Waals surface area contributed by atoms with Crippen molar-refractivity contribution in [2.45, 2.75) is 13.8 Å². The van der Waals surface area contributed by atoms with E-state index in [1.165, 1.54) is 27.5 Å². The van der Waals surface area contributed by atoms with Crippen molar-refractivity contribution in [3.05, 3.63) is 167 Å². The molecular weight excluding hydrogens is 510 g/mol. The number of aromatic hydroxyl groups is 1. The first-order chi connectivity index (χ1) is 20.5. The van der Waals surface area contributed by atoms with Gasteiger partial charge >= 0.3 is 0 Å². The van der Waals surface area contributed by atoms with E-state index in [0.717, 1.165) is 33.8 Å². The van der Waals surface area contributed by atoms with Crippen molar-refractivity contribution in [1.82, 2.24) is 0 Å². The van der Waals surface area contributed by atoms with Crippen molar-refractivity contribution in [1.29, 1.82) is 0 Å². The minimum absolute atomic E-state index is 0.272. The minimum atomic E-state index is 0.272. The first-order valence-electron chi connectivity index (χ1n) is 14.2. The van der Waals surface area contributed by atoms with Gasteiger partial charge in [-0.05, 0) is 84.0 Å². The quantitative estimate of drug-likeness (QED) is 0.202. The molecule has 0 saturated carbocycles. The second-order valence-electron chi connectivity index (χ2n) is 10.7. The third-order valence-corrected chi connectivity index (χ3v) is 7.51. The molecule has 0 aliphatic carbocycles. The predicted molar refractivity (Wildman–Crippen MR) is 181 cm³/mol. The molecule has 0 unspecified atom stereocenters. The highest BCUT2D eigenvalue weighted by atomic mass is 16.3. The molecule has 0 aromatic heterocycles. The number of aryl methyl sites for hydroxylation is 2. The van der Waals surface area contributed by atoms with Crippen molar-refractivity contribution in [2.75, 3.05) is 4.90 Å². The van der Waals surface area contributed by atoms with E-state index in [1.54, 1.807) is 12.1 Å². The van der Waals surface area contributed by atoms with Gasteiger partial charge in [0.1, 0.15) is 5.75 Å². The van der Waals surface area contributed by atoms with E-state index in [0.29, 0.717) is 0 Å². The van der Waals surface area contributed by atoms with Crippen LogP contribution in [0.1, 0.15) is 33.4 Å². The Morgan fingerprint density at radius 2 is 0.905 bits per heavy atom. The van der Waals surface area contributed by atoms with E-state index in [4.69, 9.17) is 0 Å². The normalized spacial score (nSPS) is 11.5. The van der Waals surface area contributed by atoms with Crippen LogP contribution in [0.25, 0.3) is 35.1 Å². The van der Waals surface area contributed by atoms with Gasteiger partial charge in [-0.2, -0.15) is 0 Å². The lowest BCUT2D eigenvalue weighted by Gasteiger charge is -2.27. The van der Waals surface area contributed by atoms with Crippen LogP contribution in [0.15, 0.2) is 133 Å². The molecule has 0 amide bonds. The first-order valence-corrected chi connectivity index (χ1v) is 14.2. The molecule has 0 aliphatic heterocycles. The molecular formula is C40H33NO. The third kappa shape index (κ3) is 6.04. The minimum Gasteiger partial charge on any atom is -0.508 e. The van der Waals surface area contributed by atoms with Crippen LogP contribution in [0.4, 0.5) is 17.1 Å². The summed E-state index contributed by atoms with van der Waals surface area (Å²) in [5.74, 6) is 0.272. The Hall–Kier alpha value is -5.34. The van der Waals surface area contributed by atoms with Gasteiger partial charge in [0.25, 0.3) is 0 Å². The third-order valence-electron chi connectivity index (χ3n) is 7.51. The highest BCUT2D eigenvalue weighted by molar-refractivity contribution is 6.03. The lowest BCUT2D eigenvalue weighted by molar-refractivity contribution is 0.475. The first kappa shape index (κ1) is 26.9. The Labute approximate surface area is 248 Å². The Morgan fingerprint density at radius 1 is 0.452 bits per heavy atom. The Bertz CT molecular complexity index is 1860. The fraction of sp³-hybridized carbons (Fsp3) is 0.0500. The van der Waals surface area contributed by atoms with Crippen LogP contribution < -0.4 is 4.90 Å². The summed E-state index contributed by atoms with van der Waals surface area (Å²) in [5.41, 5.74) is 10.4.